The Morgan fingerprint density at radius 2 is 1.60 bits per heavy atom. The summed E-state index contributed by atoms with van der Waals surface area (Å²) in [6.45, 7) is 2.26. The fraction of sp³-hybridized carbons (Fsp3) is 0.167. The average molecular weight is 404 g/mol. The van der Waals surface area contributed by atoms with E-state index in [1.165, 1.54) is 6.21 Å². The zero-order valence-electron chi connectivity index (χ0n) is 17.2. The van der Waals surface area contributed by atoms with Crippen molar-refractivity contribution in [2.24, 2.45) is 5.10 Å². The number of hydrogen-bond donors (Lipinski definition) is 1. The van der Waals surface area contributed by atoms with Gasteiger partial charge in [-0.3, -0.25) is 4.79 Å². The highest BCUT2D eigenvalue weighted by molar-refractivity contribution is 5.96. The minimum Gasteiger partial charge on any atom is -0.493 e. The van der Waals surface area contributed by atoms with E-state index in [0.29, 0.717) is 35.0 Å². The molecule has 154 valence electrons. The highest BCUT2D eigenvalue weighted by atomic mass is 16.5. The predicted molar refractivity (Wildman–Crippen MR) is 117 cm³/mol. The minimum absolute atomic E-state index is 0.272. The molecule has 0 unspecified atom stereocenters. The highest BCUT2D eigenvalue weighted by Gasteiger charge is 2.14. The molecule has 0 saturated carbocycles. The number of carbonyl (C=O) groups is 1. The summed E-state index contributed by atoms with van der Waals surface area (Å²) in [5.41, 5.74) is 5.73. The maximum absolute atomic E-state index is 12.3. The van der Waals surface area contributed by atoms with E-state index in [0.717, 1.165) is 11.1 Å². The molecule has 0 aromatic heterocycles. The van der Waals surface area contributed by atoms with E-state index in [9.17, 15) is 4.79 Å². The molecule has 0 heterocycles. The zero-order chi connectivity index (χ0) is 21.3. The number of carbonyl (C=O) groups excluding carboxylic acids is 1. The molecular formula is C24H24N2O4. The predicted octanol–water partition coefficient (Wildman–Crippen LogP) is 4.36. The van der Waals surface area contributed by atoms with Gasteiger partial charge < -0.3 is 14.2 Å². The van der Waals surface area contributed by atoms with E-state index in [2.05, 4.69) is 10.5 Å². The number of benzene rings is 3. The molecule has 1 N–H and O–H groups in total. The van der Waals surface area contributed by atoms with Crippen molar-refractivity contribution < 1.29 is 19.0 Å². The average Bonchev–Trinajstić information content (AvgIpc) is 2.78. The van der Waals surface area contributed by atoms with Crippen LogP contribution in [0.15, 0.2) is 71.8 Å². The Balaban J connectivity index is 1.75. The lowest BCUT2D eigenvalue weighted by Gasteiger charge is -2.15. The first-order chi connectivity index (χ1) is 14.6. The maximum Gasteiger partial charge on any atom is 0.271 e. The summed E-state index contributed by atoms with van der Waals surface area (Å²) >= 11 is 0. The van der Waals surface area contributed by atoms with E-state index in [1.807, 2.05) is 55.5 Å². The smallest absolute Gasteiger partial charge is 0.271 e. The maximum atomic E-state index is 12.3. The normalized spacial score (nSPS) is 10.6. The molecule has 3 rings (SSSR count). The Labute approximate surface area is 176 Å². The van der Waals surface area contributed by atoms with Crippen molar-refractivity contribution in [3.63, 3.8) is 0 Å². The van der Waals surface area contributed by atoms with Crippen LogP contribution in [0.4, 0.5) is 0 Å². The summed E-state index contributed by atoms with van der Waals surface area (Å²) in [4.78, 5) is 12.3. The SMILES string of the molecule is COc1cc(/C=N\NC(=O)c2ccccc2C)cc(OC)c1OCc1ccccc1. The molecule has 0 spiro atoms. The van der Waals surface area contributed by atoms with Gasteiger partial charge in [0.25, 0.3) is 5.91 Å². The standard InChI is InChI=1S/C24H24N2O4/c1-17-9-7-8-12-20(17)24(27)26-25-15-19-13-21(28-2)23(22(14-19)29-3)30-16-18-10-5-4-6-11-18/h4-15H,16H2,1-3H3,(H,26,27)/b25-15-. The van der Waals surface area contributed by atoms with Crippen LogP contribution in [0.3, 0.4) is 0 Å². The second kappa shape index (κ2) is 10.1. The Hall–Kier alpha value is -3.80. The summed E-state index contributed by atoms with van der Waals surface area (Å²) in [7, 11) is 3.12. The third kappa shape index (κ3) is 5.17. The summed E-state index contributed by atoms with van der Waals surface area (Å²) < 4.78 is 16.9. The third-order valence-electron chi connectivity index (χ3n) is 4.48. The first-order valence-electron chi connectivity index (χ1n) is 9.44. The second-order valence-electron chi connectivity index (χ2n) is 6.54. The molecule has 0 bridgehead atoms. The Bertz CT molecular complexity index is 1010. The fourth-order valence-corrected chi connectivity index (χ4v) is 2.90. The highest BCUT2D eigenvalue weighted by Crippen LogP contribution is 2.38. The van der Waals surface area contributed by atoms with Crippen molar-refractivity contribution in [1.82, 2.24) is 5.43 Å². The molecule has 0 fully saturated rings. The molecule has 0 aliphatic rings. The van der Waals surface area contributed by atoms with Crippen LogP contribution < -0.4 is 19.6 Å². The molecule has 3 aromatic carbocycles. The first kappa shape index (κ1) is 20.9. The largest absolute Gasteiger partial charge is 0.493 e. The lowest BCUT2D eigenvalue weighted by atomic mass is 10.1. The number of hydrogen-bond acceptors (Lipinski definition) is 5. The van der Waals surface area contributed by atoms with Crippen LogP contribution in [0.5, 0.6) is 17.2 Å². The molecule has 0 atom stereocenters. The molecule has 30 heavy (non-hydrogen) atoms. The van der Waals surface area contributed by atoms with Crippen molar-refractivity contribution in [3.8, 4) is 17.2 Å². The zero-order valence-corrected chi connectivity index (χ0v) is 17.2. The van der Waals surface area contributed by atoms with Gasteiger partial charge in [0.05, 0.1) is 20.4 Å². The van der Waals surface area contributed by atoms with Crippen LogP contribution in [-0.2, 0) is 6.61 Å². The van der Waals surface area contributed by atoms with Crippen LogP contribution in [0, 0.1) is 6.92 Å². The number of ether oxygens (including phenoxy) is 3. The quantitative estimate of drug-likeness (QED) is 0.448. The summed E-state index contributed by atoms with van der Waals surface area (Å²) in [6.07, 6.45) is 1.53. The minimum atomic E-state index is -0.272. The monoisotopic (exact) mass is 404 g/mol. The van der Waals surface area contributed by atoms with Gasteiger partial charge in [-0.05, 0) is 36.2 Å². The van der Waals surface area contributed by atoms with Crippen LogP contribution >= 0.6 is 0 Å². The second-order valence-corrected chi connectivity index (χ2v) is 6.54. The Morgan fingerprint density at radius 1 is 0.967 bits per heavy atom. The van der Waals surface area contributed by atoms with E-state index < -0.39 is 0 Å². The van der Waals surface area contributed by atoms with E-state index in [1.54, 1.807) is 32.4 Å². The van der Waals surface area contributed by atoms with Gasteiger partial charge in [-0.15, -0.1) is 0 Å². The molecule has 6 nitrogen and oxygen atoms in total. The molecular weight excluding hydrogens is 380 g/mol. The number of hydrazone groups is 1. The van der Waals surface area contributed by atoms with Gasteiger partial charge in [0.2, 0.25) is 5.75 Å². The van der Waals surface area contributed by atoms with Crippen molar-refractivity contribution >= 4 is 12.1 Å². The van der Waals surface area contributed by atoms with Crippen LogP contribution in [0.1, 0.15) is 27.0 Å². The third-order valence-corrected chi connectivity index (χ3v) is 4.48. The van der Waals surface area contributed by atoms with Crippen molar-refractivity contribution in [1.29, 1.82) is 0 Å². The molecule has 1 amide bonds. The van der Waals surface area contributed by atoms with E-state index >= 15 is 0 Å². The summed E-state index contributed by atoms with van der Waals surface area (Å²) in [5.74, 6) is 1.25. The number of aryl methyl sites for hydroxylation is 1. The number of nitrogens with zero attached hydrogens (tertiary/aromatic N) is 1. The van der Waals surface area contributed by atoms with Crippen LogP contribution in [0.25, 0.3) is 0 Å². The fourth-order valence-electron chi connectivity index (χ4n) is 2.90. The van der Waals surface area contributed by atoms with Gasteiger partial charge in [0.15, 0.2) is 11.5 Å². The van der Waals surface area contributed by atoms with Crippen LogP contribution in [0.2, 0.25) is 0 Å². The Kier molecular flexibility index (Phi) is 7.05. The first-order valence-corrected chi connectivity index (χ1v) is 9.44. The topological polar surface area (TPSA) is 69.2 Å². The lowest BCUT2D eigenvalue weighted by molar-refractivity contribution is 0.0954. The van der Waals surface area contributed by atoms with Crippen LogP contribution in [-0.4, -0.2) is 26.3 Å². The van der Waals surface area contributed by atoms with E-state index in [4.69, 9.17) is 14.2 Å². The number of methoxy groups -OCH3 is 2. The molecule has 0 aliphatic carbocycles. The van der Waals surface area contributed by atoms with Gasteiger partial charge in [-0.25, -0.2) is 5.43 Å². The van der Waals surface area contributed by atoms with Crippen molar-refractivity contribution in [2.45, 2.75) is 13.5 Å². The van der Waals surface area contributed by atoms with Gasteiger partial charge in [0, 0.05) is 11.1 Å². The van der Waals surface area contributed by atoms with Gasteiger partial charge in [-0.1, -0.05) is 48.5 Å². The van der Waals surface area contributed by atoms with Crippen molar-refractivity contribution in [3.05, 3.63) is 89.0 Å². The number of amides is 1. The van der Waals surface area contributed by atoms with Gasteiger partial charge >= 0.3 is 0 Å². The lowest BCUT2D eigenvalue weighted by Crippen LogP contribution is -2.18. The van der Waals surface area contributed by atoms with Gasteiger partial charge in [0.1, 0.15) is 6.61 Å². The summed E-state index contributed by atoms with van der Waals surface area (Å²) in [5, 5.41) is 4.06. The molecule has 0 radical (unpaired) electrons. The van der Waals surface area contributed by atoms with Crippen molar-refractivity contribution in [2.75, 3.05) is 14.2 Å². The molecule has 0 saturated heterocycles. The number of rotatable bonds is 8. The Morgan fingerprint density at radius 3 is 2.23 bits per heavy atom. The molecule has 3 aromatic rings. The summed E-state index contributed by atoms with van der Waals surface area (Å²) in [6, 6.07) is 20.7. The number of nitrogens with one attached hydrogen (secondary N) is 1. The van der Waals surface area contributed by atoms with Gasteiger partial charge in [-0.2, -0.15) is 5.10 Å². The molecule has 0 aliphatic heterocycles. The van der Waals surface area contributed by atoms with E-state index in [-0.39, 0.29) is 5.91 Å². The molecule has 6 heteroatoms.